The van der Waals surface area contributed by atoms with Crippen molar-refractivity contribution in [3.05, 3.63) is 59.6 Å². The number of carbonyl (C=O) groups excluding carboxylic acids is 1. The topological polar surface area (TPSA) is 138 Å². The summed E-state index contributed by atoms with van der Waals surface area (Å²) in [4.78, 5) is 34.0. The molecule has 0 aliphatic rings. The molecule has 0 unspecified atom stereocenters. The van der Waals surface area contributed by atoms with Crippen LogP contribution < -0.4 is 10.2 Å². The molecule has 8 nitrogen and oxygen atoms in total. The van der Waals surface area contributed by atoms with Crippen molar-refractivity contribution in [1.82, 2.24) is 0 Å². The predicted molar refractivity (Wildman–Crippen MR) is 80.1 cm³/mol. The van der Waals surface area contributed by atoms with Gasteiger partial charge in [-0.3, -0.25) is 4.57 Å². The molecule has 2 aromatic rings. The van der Waals surface area contributed by atoms with Gasteiger partial charge in [0.15, 0.2) is 4.98 Å². The molecule has 9 heteroatoms. The summed E-state index contributed by atoms with van der Waals surface area (Å²) in [5, 5.41) is 11.8. The van der Waals surface area contributed by atoms with Gasteiger partial charge in [-0.2, -0.15) is 0 Å². The third-order valence-electron chi connectivity index (χ3n) is 2.05. The summed E-state index contributed by atoms with van der Waals surface area (Å²) in [6.07, 6.45) is 0. The lowest BCUT2D eigenvalue weighted by molar-refractivity contribution is -0.214. The number of anilines is 2. The minimum atomic E-state index is -4.89. The first-order valence-electron chi connectivity index (χ1n) is 5.71. The van der Waals surface area contributed by atoms with E-state index in [2.05, 4.69) is 10.3 Å². The Hall–Kier alpha value is -2.56. The van der Waals surface area contributed by atoms with Crippen molar-refractivity contribution < 1.29 is 24.0 Å². The molecule has 0 radical (unpaired) electrons. The Labute approximate surface area is 126 Å². The highest BCUT2D eigenvalue weighted by atomic mass is 31.2. The summed E-state index contributed by atoms with van der Waals surface area (Å²) in [7, 11) is -4.89. The molecule has 0 aliphatic carbocycles. The maximum absolute atomic E-state index is 8.77. The van der Waals surface area contributed by atoms with Crippen molar-refractivity contribution in [3.8, 4) is 0 Å². The standard InChI is InChI=1S/C12H10N3.CH2O.H3O4P/c13-15-12-8-6-11(7-9-12)14-10-4-2-1-3-5-10;1-2;1-5(2,3)4/h1-9,14H;1H2;(H3,1,2,3,4)/q+1;;/p-1. The van der Waals surface area contributed by atoms with Crippen LogP contribution >= 0.6 is 7.82 Å². The van der Waals surface area contributed by atoms with Crippen LogP contribution in [0.5, 0.6) is 0 Å². The lowest BCUT2D eigenvalue weighted by atomic mass is 10.2. The molecule has 2 rings (SSSR count). The Kier molecular flexibility index (Phi) is 9.02. The molecule has 0 saturated carbocycles. The van der Waals surface area contributed by atoms with E-state index in [1.165, 1.54) is 0 Å². The largest absolute Gasteiger partial charge is 0.756 e. The Morgan fingerprint density at radius 3 is 1.82 bits per heavy atom. The Morgan fingerprint density at radius 1 is 1.00 bits per heavy atom. The molecule has 0 spiro atoms. The number of nitrogens with one attached hydrogen (secondary N) is 1. The minimum Gasteiger partial charge on any atom is -0.756 e. The summed E-state index contributed by atoms with van der Waals surface area (Å²) < 4.78 is 8.77. The summed E-state index contributed by atoms with van der Waals surface area (Å²) in [5.74, 6) is 0. The van der Waals surface area contributed by atoms with Crippen LogP contribution in [0.25, 0.3) is 4.98 Å². The fourth-order valence-corrected chi connectivity index (χ4v) is 1.30. The number of rotatable bonds is 2. The van der Waals surface area contributed by atoms with Crippen molar-refractivity contribution in [3.63, 3.8) is 0 Å². The van der Waals surface area contributed by atoms with Gasteiger partial charge in [0.2, 0.25) is 5.39 Å². The first-order valence-corrected chi connectivity index (χ1v) is 7.24. The van der Waals surface area contributed by atoms with Crippen molar-refractivity contribution in [2.75, 3.05) is 5.32 Å². The Balaban J connectivity index is 0.000000540. The number of carbonyl (C=O) groups is 1. The lowest BCUT2D eigenvalue weighted by Gasteiger charge is -2.04. The zero-order valence-corrected chi connectivity index (χ0v) is 12.3. The van der Waals surface area contributed by atoms with Crippen LogP contribution in [0.3, 0.4) is 0 Å². The molecule has 0 aliphatic heterocycles. The van der Waals surface area contributed by atoms with Crippen LogP contribution in [-0.2, 0) is 9.36 Å². The van der Waals surface area contributed by atoms with E-state index < -0.39 is 7.82 Å². The van der Waals surface area contributed by atoms with E-state index in [-0.39, 0.29) is 0 Å². The van der Waals surface area contributed by atoms with Crippen molar-refractivity contribution in [2.24, 2.45) is 0 Å². The molecule has 22 heavy (non-hydrogen) atoms. The van der Waals surface area contributed by atoms with Gasteiger partial charge in [0.1, 0.15) is 6.79 Å². The van der Waals surface area contributed by atoms with E-state index in [0.29, 0.717) is 5.69 Å². The maximum Gasteiger partial charge on any atom is 0.385 e. The zero-order chi connectivity index (χ0) is 17.0. The smallest absolute Gasteiger partial charge is 0.385 e. The van der Waals surface area contributed by atoms with Gasteiger partial charge in [-0.05, 0) is 24.3 Å². The average molecular weight is 323 g/mol. The number of nitrogens with zero attached hydrogens (tertiary/aromatic N) is 2. The summed E-state index contributed by atoms with van der Waals surface area (Å²) in [6, 6.07) is 17.1. The van der Waals surface area contributed by atoms with Crippen LogP contribution in [0.1, 0.15) is 0 Å². The van der Waals surface area contributed by atoms with Crippen LogP contribution in [0.4, 0.5) is 17.1 Å². The van der Waals surface area contributed by atoms with Gasteiger partial charge in [0.05, 0.1) is 0 Å². The highest BCUT2D eigenvalue weighted by molar-refractivity contribution is 7.43. The van der Waals surface area contributed by atoms with Gasteiger partial charge >= 0.3 is 5.69 Å². The second kappa shape index (κ2) is 10.2. The molecule has 0 bridgehead atoms. The van der Waals surface area contributed by atoms with Crippen molar-refractivity contribution >= 4 is 31.7 Å². The molecule has 0 amide bonds. The summed E-state index contributed by atoms with van der Waals surface area (Å²) >= 11 is 0. The van der Waals surface area contributed by atoms with E-state index >= 15 is 0 Å². The first kappa shape index (κ1) is 19.4. The monoisotopic (exact) mass is 323 g/mol. The molecule has 0 heterocycles. The van der Waals surface area contributed by atoms with Gasteiger partial charge in [-0.25, -0.2) is 0 Å². The minimum absolute atomic E-state index is 0.550. The van der Waals surface area contributed by atoms with E-state index in [4.69, 9.17) is 29.4 Å². The third-order valence-corrected chi connectivity index (χ3v) is 2.05. The molecular weight excluding hydrogens is 309 g/mol. The number of diazo groups is 1. The normalized spacial score (nSPS) is 9.18. The van der Waals surface area contributed by atoms with Crippen LogP contribution in [0.15, 0.2) is 54.6 Å². The van der Waals surface area contributed by atoms with Gasteiger partial charge in [0, 0.05) is 23.5 Å². The van der Waals surface area contributed by atoms with Crippen LogP contribution in [0, 0.1) is 5.39 Å². The molecule has 116 valence electrons. The first-order chi connectivity index (χ1) is 10.4. The molecular formula is C13H14N3O5P. The van der Waals surface area contributed by atoms with E-state index in [1.54, 1.807) is 12.1 Å². The second-order valence-corrected chi connectivity index (χ2v) is 4.61. The quantitative estimate of drug-likeness (QED) is 0.568. The van der Waals surface area contributed by atoms with Gasteiger partial charge in [-0.15, -0.1) is 0 Å². The highest BCUT2D eigenvalue weighted by Gasteiger charge is 2.02. The lowest BCUT2D eigenvalue weighted by Crippen LogP contribution is -1.94. The number of benzene rings is 2. The zero-order valence-electron chi connectivity index (χ0n) is 11.4. The van der Waals surface area contributed by atoms with E-state index in [9.17, 15) is 0 Å². The number of phosphoric acid groups is 1. The van der Waals surface area contributed by atoms with E-state index in [0.717, 1.165) is 11.4 Å². The Bertz CT molecular complexity index is 629. The maximum atomic E-state index is 8.77. The molecule has 0 atom stereocenters. The second-order valence-electron chi connectivity index (χ2n) is 3.63. The fourth-order valence-electron chi connectivity index (χ4n) is 1.30. The fraction of sp³-hybridized carbons (Fsp3) is 0. The average Bonchev–Trinajstić information content (AvgIpc) is 2.49. The summed E-state index contributed by atoms with van der Waals surface area (Å²) in [5.41, 5.74) is 2.55. The molecule has 0 saturated heterocycles. The SMILES string of the molecule is C=O.N#[N+]c1ccc(Nc2ccccc2)cc1.O=P([O-])(O)O. The third kappa shape index (κ3) is 10.3. The van der Waals surface area contributed by atoms with Gasteiger partial charge in [0.25, 0.3) is 7.82 Å². The molecule has 0 fully saturated rings. The Morgan fingerprint density at radius 2 is 1.41 bits per heavy atom. The molecule has 0 aromatic heterocycles. The van der Waals surface area contributed by atoms with Gasteiger partial charge in [-0.1, -0.05) is 18.2 Å². The number of hydrogen-bond acceptors (Lipinski definition) is 5. The van der Waals surface area contributed by atoms with Gasteiger partial charge < -0.3 is 24.8 Å². The van der Waals surface area contributed by atoms with Crippen molar-refractivity contribution in [1.29, 1.82) is 5.39 Å². The van der Waals surface area contributed by atoms with Crippen molar-refractivity contribution in [2.45, 2.75) is 0 Å². The summed E-state index contributed by atoms with van der Waals surface area (Å²) in [6.45, 7) is 2.00. The number of hydrogen-bond donors (Lipinski definition) is 3. The van der Waals surface area contributed by atoms with E-state index in [1.807, 2.05) is 49.3 Å². The highest BCUT2D eigenvalue weighted by Crippen LogP contribution is 2.20. The molecule has 3 N–H and O–H groups in total. The predicted octanol–water partition coefficient (Wildman–Crippen LogP) is 2.17. The van der Waals surface area contributed by atoms with Crippen LogP contribution in [0.2, 0.25) is 0 Å². The number of para-hydroxylation sites is 1. The molecule has 2 aromatic carbocycles. The van der Waals surface area contributed by atoms with Crippen LogP contribution in [-0.4, -0.2) is 16.6 Å².